The summed E-state index contributed by atoms with van der Waals surface area (Å²) in [4.78, 5) is 24.5. The molecule has 6 heteroatoms. The highest BCUT2D eigenvalue weighted by atomic mass is 35.5. The second-order valence-electron chi connectivity index (χ2n) is 5.24. The Bertz CT molecular complexity index is 512. The first-order valence-electron chi connectivity index (χ1n) is 6.95. The van der Waals surface area contributed by atoms with Crippen LogP contribution in [0.3, 0.4) is 0 Å². The van der Waals surface area contributed by atoms with E-state index in [9.17, 15) is 14.7 Å². The number of carbonyl (C=O) groups is 2. The average Bonchev–Trinajstić information content (AvgIpc) is 2.47. The molecule has 0 aliphatic heterocycles. The van der Waals surface area contributed by atoms with Gasteiger partial charge in [0.25, 0.3) is 0 Å². The molecule has 0 radical (unpaired) electrons. The molecular weight excluding hydrogens is 310 g/mol. The predicted octanol–water partition coefficient (Wildman–Crippen LogP) is 3.34. The molecule has 2 rings (SSSR count). The molecule has 0 spiro atoms. The molecular formula is C15H18ClNO3S. The minimum absolute atomic E-state index is 0.205. The minimum atomic E-state index is -1.07. The van der Waals surface area contributed by atoms with Crippen LogP contribution in [0.1, 0.15) is 32.1 Å². The van der Waals surface area contributed by atoms with Gasteiger partial charge in [-0.05, 0) is 37.1 Å². The third-order valence-corrected chi connectivity index (χ3v) is 4.94. The molecule has 1 aromatic carbocycles. The Hall–Kier alpha value is -1.20. The second kappa shape index (κ2) is 7.18. The maximum Gasteiger partial charge on any atom is 0.329 e. The molecule has 2 N–H and O–H groups in total. The molecule has 1 amide bonds. The maximum absolute atomic E-state index is 12.0. The number of carbonyl (C=O) groups excluding carboxylic acids is 1. The van der Waals surface area contributed by atoms with Crippen LogP contribution in [0.15, 0.2) is 29.2 Å². The van der Waals surface area contributed by atoms with Gasteiger partial charge in [0.2, 0.25) is 5.91 Å². The molecule has 0 bridgehead atoms. The first kappa shape index (κ1) is 16.2. The highest BCUT2D eigenvalue weighted by Crippen LogP contribution is 2.29. The van der Waals surface area contributed by atoms with E-state index >= 15 is 0 Å². The maximum atomic E-state index is 12.0. The lowest BCUT2D eigenvalue weighted by Crippen LogP contribution is -2.56. The van der Waals surface area contributed by atoms with Gasteiger partial charge in [0, 0.05) is 9.92 Å². The molecule has 4 nitrogen and oxygen atoms in total. The molecule has 0 unspecified atom stereocenters. The first-order valence-corrected chi connectivity index (χ1v) is 8.31. The predicted molar refractivity (Wildman–Crippen MR) is 83.8 cm³/mol. The van der Waals surface area contributed by atoms with Crippen molar-refractivity contribution in [2.75, 3.05) is 5.75 Å². The van der Waals surface area contributed by atoms with Gasteiger partial charge in [-0.1, -0.05) is 30.9 Å². The van der Waals surface area contributed by atoms with Gasteiger partial charge in [-0.3, -0.25) is 4.79 Å². The molecule has 1 aliphatic carbocycles. The smallest absolute Gasteiger partial charge is 0.329 e. The summed E-state index contributed by atoms with van der Waals surface area (Å²) in [5.41, 5.74) is -1.07. The number of halogens is 1. The first-order chi connectivity index (χ1) is 10.0. The topological polar surface area (TPSA) is 66.4 Å². The number of benzene rings is 1. The van der Waals surface area contributed by atoms with Gasteiger partial charge in [0.05, 0.1) is 5.75 Å². The fourth-order valence-electron chi connectivity index (χ4n) is 2.53. The van der Waals surface area contributed by atoms with Gasteiger partial charge >= 0.3 is 5.97 Å². The second-order valence-corrected chi connectivity index (χ2v) is 6.72. The van der Waals surface area contributed by atoms with Crippen LogP contribution in [0.5, 0.6) is 0 Å². The number of hydrogen-bond acceptors (Lipinski definition) is 3. The van der Waals surface area contributed by atoms with Crippen LogP contribution in [0.4, 0.5) is 0 Å². The molecule has 1 aromatic rings. The van der Waals surface area contributed by atoms with Crippen LogP contribution in [-0.2, 0) is 9.59 Å². The summed E-state index contributed by atoms with van der Waals surface area (Å²) in [6.45, 7) is 0. The van der Waals surface area contributed by atoms with Gasteiger partial charge in [-0.2, -0.15) is 0 Å². The van der Waals surface area contributed by atoms with Gasteiger partial charge in [-0.15, -0.1) is 11.8 Å². The van der Waals surface area contributed by atoms with E-state index in [2.05, 4.69) is 5.32 Å². The number of aliphatic carboxylic acids is 1. The van der Waals surface area contributed by atoms with Crippen molar-refractivity contribution in [2.24, 2.45) is 0 Å². The SMILES string of the molecule is O=C(CSc1ccc(Cl)cc1)NC1(C(=O)O)CCCCC1. The number of hydrogen-bond donors (Lipinski definition) is 2. The van der Waals surface area contributed by atoms with Gasteiger partial charge in [-0.25, -0.2) is 4.79 Å². The Kier molecular flexibility index (Phi) is 5.53. The summed E-state index contributed by atoms with van der Waals surface area (Å²) in [5.74, 6) is -0.956. The molecule has 1 fully saturated rings. The fraction of sp³-hybridized carbons (Fsp3) is 0.467. The number of carboxylic acids is 1. The van der Waals surface area contributed by atoms with Crippen molar-refractivity contribution in [1.29, 1.82) is 0 Å². The molecule has 21 heavy (non-hydrogen) atoms. The lowest BCUT2D eigenvalue weighted by Gasteiger charge is -2.33. The van der Waals surface area contributed by atoms with E-state index in [4.69, 9.17) is 11.6 Å². The van der Waals surface area contributed by atoms with Crippen molar-refractivity contribution in [3.63, 3.8) is 0 Å². The third kappa shape index (κ3) is 4.38. The highest BCUT2D eigenvalue weighted by molar-refractivity contribution is 8.00. The lowest BCUT2D eigenvalue weighted by atomic mass is 9.81. The molecule has 0 saturated heterocycles. The van der Waals surface area contributed by atoms with E-state index in [0.717, 1.165) is 24.2 Å². The molecule has 0 heterocycles. The van der Waals surface area contributed by atoms with E-state index in [1.54, 1.807) is 12.1 Å². The van der Waals surface area contributed by atoms with Crippen LogP contribution in [0.2, 0.25) is 5.02 Å². The summed E-state index contributed by atoms with van der Waals surface area (Å²) in [5, 5.41) is 12.8. The summed E-state index contributed by atoms with van der Waals surface area (Å²) in [6.07, 6.45) is 3.75. The quantitative estimate of drug-likeness (QED) is 0.814. The Morgan fingerprint density at radius 2 is 1.81 bits per heavy atom. The van der Waals surface area contributed by atoms with E-state index in [1.807, 2.05) is 12.1 Å². The largest absolute Gasteiger partial charge is 0.480 e. The van der Waals surface area contributed by atoms with Crippen LogP contribution >= 0.6 is 23.4 Å². The lowest BCUT2D eigenvalue weighted by molar-refractivity contribution is -0.148. The van der Waals surface area contributed by atoms with E-state index in [1.165, 1.54) is 11.8 Å². The number of rotatable bonds is 5. The van der Waals surface area contributed by atoms with Crippen molar-refractivity contribution in [3.8, 4) is 0 Å². The molecule has 114 valence electrons. The van der Waals surface area contributed by atoms with Crippen molar-refractivity contribution < 1.29 is 14.7 Å². The third-order valence-electron chi connectivity index (χ3n) is 3.68. The number of carboxylic acid groups (broad SMARTS) is 1. The monoisotopic (exact) mass is 327 g/mol. The van der Waals surface area contributed by atoms with Gasteiger partial charge in [0.15, 0.2) is 0 Å². The van der Waals surface area contributed by atoms with Gasteiger partial charge in [0.1, 0.15) is 5.54 Å². The fourth-order valence-corrected chi connectivity index (χ4v) is 3.35. The van der Waals surface area contributed by atoms with Crippen LogP contribution < -0.4 is 5.32 Å². The standard InChI is InChI=1S/C15H18ClNO3S/c16-11-4-6-12(7-5-11)21-10-13(18)17-15(14(19)20)8-2-1-3-9-15/h4-7H,1-3,8-10H2,(H,17,18)(H,19,20). The van der Waals surface area contributed by atoms with E-state index < -0.39 is 11.5 Å². The summed E-state index contributed by atoms with van der Waals surface area (Å²) in [6, 6.07) is 7.21. The number of amides is 1. The van der Waals surface area contributed by atoms with Crippen molar-refractivity contribution in [2.45, 2.75) is 42.5 Å². The van der Waals surface area contributed by atoms with Crippen molar-refractivity contribution in [1.82, 2.24) is 5.32 Å². The number of thioether (sulfide) groups is 1. The Morgan fingerprint density at radius 1 is 1.19 bits per heavy atom. The van der Waals surface area contributed by atoms with E-state index in [-0.39, 0.29) is 11.7 Å². The van der Waals surface area contributed by atoms with Crippen LogP contribution in [0.25, 0.3) is 0 Å². The minimum Gasteiger partial charge on any atom is -0.480 e. The molecule has 0 atom stereocenters. The summed E-state index contributed by atoms with van der Waals surface area (Å²) in [7, 11) is 0. The Labute approximate surface area is 133 Å². The zero-order chi connectivity index (χ0) is 15.3. The van der Waals surface area contributed by atoms with Crippen LogP contribution in [0, 0.1) is 0 Å². The van der Waals surface area contributed by atoms with E-state index in [0.29, 0.717) is 17.9 Å². The van der Waals surface area contributed by atoms with Crippen molar-refractivity contribution in [3.05, 3.63) is 29.3 Å². The normalized spacial score (nSPS) is 17.2. The van der Waals surface area contributed by atoms with Crippen molar-refractivity contribution >= 4 is 35.2 Å². The van der Waals surface area contributed by atoms with Gasteiger partial charge < -0.3 is 10.4 Å². The highest BCUT2D eigenvalue weighted by Gasteiger charge is 2.40. The molecule has 1 aliphatic rings. The molecule has 0 aromatic heterocycles. The Morgan fingerprint density at radius 3 is 2.38 bits per heavy atom. The number of nitrogens with one attached hydrogen (secondary N) is 1. The Balaban J connectivity index is 1.90. The zero-order valence-electron chi connectivity index (χ0n) is 11.6. The summed E-state index contributed by atoms with van der Waals surface area (Å²) < 4.78 is 0. The summed E-state index contributed by atoms with van der Waals surface area (Å²) >= 11 is 7.18. The average molecular weight is 328 g/mol. The van der Waals surface area contributed by atoms with Crippen LogP contribution in [-0.4, -0.2) is 28.3 Å². The molecule has 1 saturated carbocycles. The zero-order valence-corrected chi connectivity index (χ0v) is 13.2.